The molecule has 0 aromatic carbocycles. The molecule has 0 radical (unpaired) electrons. The summed E-state index contributed by atoms with van der Waals surface area (Å²) in [7, 11) is 0. The standard InChI is InChI=1S/C15H29N/c1-14(2,3)12-8-9-15(4,5)11-16-10-6-7-13(12)16/h12-13H,6-11H2,1-5H3. The molecule has 94 valence electrons. The van der Waals surface area contributed by atoms with E-state index < -0.39 is 0 Å². The van der Waals surface area contributed by atoms with Gasteiger partial charge in [0, 0.05) is 12.6 Å². The fourth-order valence-corrected chi connectivity index (χ4v) is 3.88. The number of nitrogens with zero attached hydrogens (tertiary/aromatic N) is 1. The lowest BCUT2D eigenvalue weighted by Crippen LogP contribution is -2.41. The van der Waals surface area contributed by atoms with Gasteiger partial charge in [0.1, 0.15) is 0 Å². The first-order valence-electron chi connectivity index (χ1n) is 7.04. The zero-order valence-electron chi connectivity index (χ0n) is 11.8. The van der Waals surface area contributed by atoms with E-state index in [1.54, 1.807) is 0 Å². The van der Waals surface area contributed by atoms with Gasteiger partial charge in [-0.25, -0.2) is 0 Å². The summed E-state index contributed by atoms with van der Waals surface area (Å²) in [6.45, 7) is 14.9. The van der Waals surface area contributed by atoms with Crippen LogP contribution in [-0.2, 0) is 0 Å². The highest BCUT2D eigenvalue weighted by Gasteiger charge is 2.42. The predicted octanol–water partition coefficient (Wildman–Crippen LogP) is 3.93. The fraction of sp³-hybridized carbons (Fsp3) is 1.00. The maximum Gasteiger partial charge on any atom is 0.0129 e. The number of fused-ring (bicyclic) bond motifs is 1. The number of hydrogen-bond acceptors (Lipinski definition) is 1. The van der Waals surface area contributed by atoms with Gasteiger partial charge in [-0.15, -0.1) is 0 Å². The Bertz CT molecular complexity index is 249. The lowest BCUT2D eigenvalue weighted by molar-refractivity contribution is 0.109. The molecule has 0 aromatic heterocycles. The molecule has 2 rings (SSSR count). The molecule has 0 bridgehead atoms. The van der Waals surface area contributed by atoms with Crippen LogP contribution in [0.4, 0.5) is 0 Å². The zero-order valence-corrected chi connectivity index (χ0v) is 11.8. The summed E-state index contributed by atoms with van der Waals surface area (Å²) in [5.41, 5.74) is 1.01. The van der Waals surface area contributed by atoms with Crippen LogP contribution in [0.15, 0.2) is 0 Å². The molecule has 2 unspecified atom stereocenters. The first-order valence-corrected chi connectivity index (χ1v) is 7.04. The van der Waals surface area contributed by atoms with Gasteiger partial charge in [-0.3, -0.25) is 4.90 Å². The van der Waals surface area contributed by atoms with Crippen molar-refractivity contribution in [3.05, 3.63) is 0 Å². The first kappa shape index (κ1) is 12.4. The predicted molar refractivity (Wildman–Crippen MR) is 70.6 cm³/mol. The van der Waals surface area contributed by atoms with Crippen molar-refractivity contribution in [2.75, 3.05) is 13.1 Å². The third kappa shape index (κ3) is 2.45. The molecule has 2 atom stereocenters. The SMILES string of the molecule is CC1(C)CCC(C(C)(C)C)C2CCCN2C1. The van der Waals surface area contributed by atoms with E-state index in [1.807, 2.05) is 0 Å². The molecule has 0 amide bonds. The average Bonchev–Trinajstić information content (AvgIpc) is 2.45. The lowest BCUT2D eigenvalue weighted by atomic mass is 9.72. The highest BCUT2D eigenvalue weighted by Crippen LogP contribution is 2.44. The Kier molecular flexibility index (Phi) is 3.11. The highest BCUT2D eigenvalue weighted by molar-refractivity contribution is 4.95. The van der Waals surface area contributed by atoms with Gasteiger partial charge < -0.3 is 0 Å². The van der Waals surface area contributed by atoms with Crippen molar-refractivity contribution < 1.29 is 0 Å². The molecule has 0 saturated carbocycles. The van der Waals surface area contributed by atoms with Crippen molar-refractivity contribution in [2.24, 2.45) is 16.7 Å². The molecular formula is C15H29N. The molecule has 1 nitrogen and oxygen atoms in total. The van der Waals surface area contributed by atoms with Gasteiger partial charge in [-0.1, -0.05) is 34.6 Å². The van der Waals surface area contributed by atoms with Gasteiger partial charge >= 0.3 is 0 Å². The third-order valence-electron chi connectivity index (χ3n) is 4.75. The van der Waals surface area contributed by atoms with E-state index >= 15 is 0 Å². The molecule has 0 N–H and O–H groups in total. The molecule has 2 saturated heterocycles. The Hall–Kier alpha value is -0.0400. The lowest BCUT2D eigenvalue weighted by Gasteiger charge is -2.38. The molecular weight excluding hydrogens is 194 g/mol. The van der Waals surface area contributed by atoms with E-state index in [1.165, 1.54) is 38.8 Å². The minimum Gasteiger partial charge on any atom is -0.300 e. The van der Waals surface area contributed by atoms with Gasteiger partial charge in [0.25, 0.3) is 0 Å². The maximum absolute atomic E-state index is 2.79. The zero-order chi connectivity index (χ0) is 12.0. The molecule has 2 fully saturated rings. The second-order valence-corrected chi connectivity index (χ2v) is 7.86. The Morgan fingerprint density at radius 2 is 1.81 bits per heavy atom. The molecule has 2 aliphatic heterocycles. The maximum atomic E-state index is 2.79. The first-order chi connectivity index (χ1) is 7.30. The van der Waals surface area contributed by atoms with Crippen LogP contribution in [0.2, 0.25) is 0 Å². The number of rotatable bonds is 0. The molecule has 0 spiro atoms. The van der Waals surface area contributed by atoms with Crippen LogP contribution in [0.25, 0.3) is 0 Å². The Labute approximate surface area is 102 Å². The largest absolute Gasteiger partial charge is 0.300 e. The summed E-state index contributed by atoms with van der Waals surface area (Å²) in [5.74, 6) is 0.900. The van der Waals surface area contributed by atoms with Gasteiger partial charge in [-0.2, -0.15) is 0 Å². The van der Waals surface area contributed by atoms with Gasteiger partial charge in [0.2, 0.25) is 0 Å². The van der Waals surface area contributed by atoms with E-state index in [4.69, 9.17) is 0 Å². The average molecular weight is 223 g/mol. The normalized spacial score (nSPS) is 35.8. The Balaban J connectivity index is 2.20. The third-order valence-corrected chi connectivity index (χ3v) is 4.75. The van der Waals surface area contributed by atoms with E-state index in [9.17, 15) is 0 Å². The summed E-state index contributed by atoms with van der Waals surface area (Å²) in [6, 6.07) is 0.877. The van der Waals surface area contributed by atoms with Crippen LogP contribution < -0.4 is 0 Å². The second-order valence-electron chi connectivity index (χ2n) is 7.86. The van der Waals surface area contributed by atoms with Gasteiger partial charge in [0.05, 0.1) is 0 Å². The van der Waals surface area contributed by atoms with Crippen molar-refractivity contribution in [3.8, 4) is 0 Å². The topological polar surface area (TPSA) is 3.24 Å². The quantitative estimate of drug-likeness (QED) is 0.601. The molecule has 0 aliphatic carbocycles. The molecule has 2 heterocycles. The Morgan fingerprint density at radius 1 is 1.12 bits per heavy atom. The van der Waals surface area contributed by atoms with Crippen LogP contribution in [0, 0.1) is 16.7 Å². The van der Waals surface area contributed by atoms with Crippen LogP contribution in [0.1, 0.15) is 60.3 Å². The van der Waals surface area contributed by atoms with Crippen molar-refractivity contribution in [1.29, 1.82) is 0 Å². The van der Waals surface area contributed by atoms with Gasteiger partial charge in [0.15, 0.2) is 0 Å². The summed E-state index contributed by atoms with van der Waals surface area (Å²) >= 11 is 0. The minimum atomic E-state index is 0.480. The van der Waals surface area contributed by atoms with Crippen molar-refractivity contribution in [2.45, 2.75) is 66.3 Å². The fourth-order valence-electron chi connectivity index (χ4n) is 3.88. The molecule has 2 aliphatic rings. The number of hydrogen-bond donors (Lipinski definition) is 0. The smallest absolute Gasteiger partial charge is 0.0129 e. The molecule has 0 aromatic rings. The van der Waals surface area contributed by atoms with E-state index in [0.717, 1.165) is 12.0 Å². The van der Waals surface area contributed by atoms with Crippen LogP contribution in [0.3, 0.4) is 0 Å². The Morgan fingerprint density at radius 3 is 2.44 bits per heavy atom. The van der Waals surface area contributed by atoms with Crippen LogP contribution in [-0.4, -0.2) is 24.0 Å². The van der Waals surface area contributed by atoms with Crippen molar-refractivity contribution in [3.63, 3.8) is 0 Å². The summed E-state index contributed by atoms with van der Waals surface area (Å²) < 4.78 is 0. The van der Waals surface area contributed by atoms with Crippen molar-refractivity contribution in [1.82, 2.24) is 4.90 Å². The second kappa shape index (κ2) is 4.01. The van der Waals surface area contributed by atoms with E-state index in [0.29, 0.717) is 10.8 Å². The van der Waals surface area contributed by atoms with Gasteiger partial charge in [-0.05, 0) is 49.0 Å². The van der Waals surface area contributed by atoms with E-state index in [-0.39, 0.29) is 0 Å². The van der Waals surface area contributed by atoms with Crippen LogP contribution in [0.5, 0.6) is 0 Å². The highest BCUT2D eigenvalue weighted by atomic mass is 15.2. The van der Waals surface area contributed by atoms with E-state index in [2.05, 4.69) is 39.5 Å². The monoisotopic (exact) mass is 223 g/mol. The summed E-state index contributed by atoms with van der Waals surface area (Å²) in [5, 5.41) is 0. The molecule has 1 heteroatoms. The van der Waals surface area contributed by atoms with Crippen LogP contribution >= 0.6 is 0 Å². The minimum absolute atomic E-state index is 0.480. The summed E-state index contributed by atoms with van der Waals surface area (Å²) in [4.78, 5) is 2.79. The molecule has 16 heavy (non-hydrogen) atoms. The van der Waals surface area contributed by atoms with Crippen molar-refractivity contribution >= 4 is 0 Å². The summed E-state index contributed by atoms with van der Waals surface area (Å²) in [6.07, 6.45) is 5.70.